The van der Waals surface area contributed by atoms with Gasteiger partial charge < -0.3 is 18.3 Å². The molecule has 4 aromatic heterocycles. The van der Waals surface area contributed by atoms with Crippen molar-refractivity contribution in [1.29, 1.82) is 0 Å². The number of hydrogen-bond acceptors (Lipinski definition) is 0. The smallest absolute Gasteiger partial charge is 0.0613 e. The highest BCUT2D eigenvalue weighted by Gasteiger charge is 2.28. The molecule has 0 atom stereocenters. The zero-order chi connectivity index (χ0) is 74.3. The molecule has 0 saturated heterocycles. The van der Waals surface area contributed by atoms with E-state index in [1.807, 2.05) is 0 Å². The van der Waals surface area contributed by atoms with Crippen LogP contribution in [0, 0.1) is 55.4 Å². The molecule has 0 fully saturated rings. The van der Waals surface area contributed by atoms with Gasteiger partial charge in [-0.3, -0.25) is 0 Å². The molecule has 4 heterocycles. The largest absolute Gasteiger partial charge is 0.313 e. The van der Waals surface area contributed by atoms with Crippen molar-refractivity contribution < 1.29 is 0 Å². The van der Waals surface area contributed by atoms with E-state index in [2.05, 4.69) is 365 Å². The molecule has 0 radical (unpaired) electrons. The van der Waals surface area contributed by atoms with Gasteiger partial charge in [0.25, 0.3) is 0 Å². The van der Waals surface area contributed by atoms with E-state index < -0.39 is 0 Å². The fraction of sp³-hybridized carbons (Fsp3) is 0.0741. The molecule has 4 nitrogen and oxygen atoms in total. The lowest BCUT2D eigenvalue weighted by Crippen LogP contribution is -2.00. The first-order valence-corrected chi connectivity index (χ1v) is 39.5. The summed E-state index contributed by atoms with van der Waals surface area (Å²) in [6.07, 6.45) is 0. The van der Waals surface area contributed by atoms with E-state index in [1.54, 1.807) is 0 Å². The van der Waals surface area contributed by atoms with Crippen LogP contribution in [0.4, 0.5) is 0 Å². The van der Waals surface area contributed by atoms with Crippen molar-refractivity contribution in [3.05, 3.63) is 336 Å². The van der Waals surface area contributed by atoms with Crippen LogP contribution in [-0.2, 0) is 0 Å². The Balaban J connectivity index is 0.000000127. The van der Waals surface area contributed by atoms with E-state index in [0.29, 0.717) is 0 Å². The van der Waals surface area contributed by atoms with Gasteiger partial charge in [-0.1, -0.05) is 231 Å². The first kappa shape index (κ1) is 62.1. The van der Waals surface area contributed by atoms with Crippen molar-refractivity contribution in [3.63, 3.8) is 0 Å². The maximum Gasteiger partial charge on any atom is 0.0613 e. The normalized spacial score (nSPS) is 12.6. The second-order valence-electron chi connectivity index (χ2n) is 32.4. The van der Waals surface area contributed by atoms with Crippen LogP contribution in [0.25, 0.3) is 239 Å². The molecule has 112 heavy (non-hydrogen) atoms. The Morgan fingerprint density at radius 3 is 0.759 bits per heavy atom. The molecule has 0 aliphatic carbocycles. The van der Waals surface area contributed by atoms with Crippen molar-refractivity contribution in [2.75, 3.05) is 0 Å². The molecule has 0 N–H and O–H groups in total. The molecule has 26 rings (SSSR count). The molecule has 0 aliphatic heterocycles. The maximum atomic E-state index is 2.57. The lowest BCUT2D eigenvalue weighted by atomic mass is 9.90. The molecule has 0 aliphatic rings. The highest BCUT2D eigenvalue weighted by molar-refractivity contribution is 6.36. The van der Waals surface area contributed by atoms with Crippen LogP contribution in [0.2, 0.25) is 0 Å². The van der Waals surface area contributed by atoms with E-state index in [1.165, 1.54) is 284 Å². The lowest BCUT2D eigenvalue weighted by Gasteiger charge is -2.19. The highest BCUT2D eigenvalue weighted by atomic mass is 15.0. The summed E-state index contributed by atoms with van der Waals surface area (Å²) >= 11 is 0. The molecule has 0 spiro atoms. The van der Waals surface area contributed by atoms with Crippen molar-refractivity contribution in [2.45, 2.75) is 55.4 Å². The summed E-state index contributed by atoms with van der Waals surface area (Å²) in [4.78, 5) is 0. The second kappa shape index (κ2) is 22.0. The molecule has 0 amide bonds. The standard InChI is InChI=1S/C56H36N2.C52H36N2/c1-29-31(3)57(47-25-19-37-13-11-33-7-5-9-35-15-21-41(47)51(37)49(33)35)55-43-23-18-40-28-46-30(2)32(4)58(56(46)44-24-17-39(27-45(29)55)53(43)54(40)44)48-26-20-38-14-12-34-8-6-10-36-16-22-42(48)52(38)50(34)36;1-29-31(3)53(39-19-23-43-35(25-39)15-13-33-9-5-7-11-41(33)43)51-45-21-18-38-28-48-30(2)32(4)54(52(48)46-22-17-37(27-47(29)51)49(45)50(38)46)40-20-24-44-36(26-40)16-14-34-10-6-8-12-42(34)44/h5-28H,1-4H3;5-28H,1-4H3. The monoisotopic (exact) mass is 1420 g/mol. The molecule has 0 saturated carbocycles. The summed E-state index contributed by atoms with van der Waals surface area (Å²) in [5.41, 5.74) is 20.5. The van der Waals surface area contributed by atoms with Crippen LogP contribution >= 0.6 is 0 Å². The number of hydrogen-bond donors (Lipinski definition) is 0. The SMILES string of the molecule is Cc1c(C)n(-c2ccc3c(ccc4ccccc43)c2)c2c1cc1ccc3c4c(ccc2c14)cc1c(C)c(C)n(-c2ccc4c(ccc5ccccc54)c2)c13.Cc1c(C)n(-c2ccc3ccc4cccc5ccc2c3c45)c2c1cc1ccc3c4c(ccc2c14)cc1c(C)c(C)n(-c2ccc4ccc5cccc6ccc2c4c56)c13. The van der Waals surface area contributed by atoms with Crippen LogP contribution in [0.5, 0.6) is 0 Å². The predicted molar refractivity (Wildman–Crippen MR) is 483 cm³/mol. The van der Waals surface area contributed by atoms with Gasteiger partial charge in [0.2, 0.25) is 0 Å². The van der Waals surface area contributed by atoms with Crippen LogP contribution in [0.3, 0.4) is 0 Å². The van der Waals surface area contributed by atoms with E-state index in [-0.39, 0.29) is 0 Å². The van der Waals surface area contributed by atoms with Crippen LogP contribution < -0.4 is 0 Å². The van der Waals surface area contributed by atoms with E-state index in [4.69, 9.17) is 0 Å². The summed E-state index contributed by atoms with van der Waals surface area (Å²) in [6.45, 7) is 18.4. The molecule has 22 aromatic carbocycles. The van der Waals surface area contributed by atoms with Crippen LogP contribution in [-0.4, -0.2) is 18.3 Å². The average molecular weight is 1430 g/mol. The molecule has 26 aromatic rings. The van der Waals surface area contributed by atoms with Gasteiger partial charge in [-0.25, -0.2) is 0 Å². The van der Waals surface area contributed by atoms with Crippen molar-refractivity contribution >= 4 is 216 Å². The third kappa shape index (κ3) is 8.00. The third-order valence-electron chi connectivity index (χ3n) is 27.2. The average Bonchev–Trinajstić information content (AvgIpc) is 1.73. The van der Waals surface area contributed by atoms with Crippen molar-refractivity contribution in [3.8, 4) is 22.7 Å². The van der Waals surface area contributed by atoms with Gasteiger partial charge in [0, 0.05) is 88.0 Å². The topological polar surface area (TPSA) is 19.7 Å². The summed E-state index contributed by atoms with van der Waals surface area (Å²) in [5.74, 6) is 0. The van der Waals surface area contributed by atoms with E-state index >= 15 is 0 Å². The Bertz CT molecular complexity index is 8180. The molecule has 4 heteroatoms. The van der Waals surface area contributed by atoms with E-state index in [9.17, 15) is 0 Å². The third-order valence-corrected chi connectivity index (χ3v) is 27.2. The number of nitrogens with zero attached hydrogens (tertiary/aromatic N) is 4. The minimum atomic E-state index is 1.20. The van der Waals surface area contributed by atoms with E-state index in [0.717, 1.165) is 0 Å². The number of rotatable bonds is 4. The molecular formula is C108H72N4. The molecule has 0 unspecified atom stereocenters. The van der Waals surface area contributed by atoms with Crippen LogP contribution in [0.1, 0.15) is 45.0 Å². The number of benzene rings is 22. The van der Waals surface area contributed by atoms with Gasteiger partial charge in [-0.2, -0.15) is 0 Å². The number of aromatic nitrogens is 4. The second-order valence-corrected chi connectivity index (χ2v) is 32.4. The molecule has 524 valence electrons. The Morgan fingerprint density at radius 1 is 0.152 bits per heavy atom. The molecule has 0 bridgehead atoms. The summed E-state index contributed by atoms with van der Waals surface area (Å²) in [6, 6.07) is 110. The fourth-order valence-electron chi connectivity index (χ4n) is 21.4. The lowest BCUT2D eigenvalue weighted by molar-refractivity contribution is 1.05. The van der Waals surface area contributed by atoms with Gasteiger partial charge in [0.05, 0.1) is 33.4 Å². The Kier molecular flexibility index (Phi) is 12.2. The first-order chi connectivity index (χ1) is 54.9. The predicted octanol–water partition coefficient (Wildman–Crippen LogP) is 29.8. The fourth-order valence-corrected chi connectivity index (χ4v) is 21.4. The summed E-state index contributed by atoms with van der Waals surface area (Å²) < 4.78 is 10.2. The quantitative estimate of drug-likeness (QED) is 0.157. The number of fused-ring (bicyclic) bond motifs is 14. The van der Waals surface area contributed by atoms with Crippen LogP contribution in [0.15, 0.2) is 291 Å². The molecular weight excluding hydrogens is 1350 g/mol. The Hall–Kier alpha value is -13.8. The highest BCUT2D eigenvalue weighted by Crippen LogP contribution is 2.51. The van der Waals surface area contributed by atoms with Gasteiger partial charge in [-0.05, 0) is 278 Å². The summed E-state index contributed by atoms with van der Waals surface area (Å²) in [7, 11) is 0. The van der Waals surface area contributed by atoms with Gasteiger partial charge >= 0.3 is 0 Å². The van der Waals surface area contributed by atoms with Crippen molar-refractivity contribution in [1.82, 2.24) is 18.3 Å². The first-order valence-electron chi connectivity index (χ1n) is 39.5. The zero-order valence-electron chi connectivity index (χ0n) is 63.5. The van der Waals surface area contributed by atoms with Crippen molar-refractivity contribution in [2.24, 2.45) is 0 Å². The Labute approximate surface area is 644 Å². The number of aryl methyl sites for hydroxylation is 4. The van der Waals surface area contributed by atoms with Gasteiger partial charge in [0.1, 0.15) is 0 Å². The minimum Gasteiger partial charge on any atom is -0.313 e. The van der Waals surface area contributed by atoms with Gasteiger partial charge in [0.15, 0.2) is 0 Å². The maximum absolute atomic E-state index is 2.57. The Morgan fingerprint density at radius 2 is 0.393 bits per heavy atom. The summed E-state index contributed by atoms with van der Waals surface area (Å²) in [5, 5.41) is 47.1. The zero-order valence-corrected chi connectivity index (χ0v) is 63.5. The minimum absolute atomic E-state index is 1.20. The van der Waals surface area contributed by atoms with Gasteiger partial charge in [-0.15, -0.1) is 0 Å².